The average molecular weight is 342 g/mol. The van der Waals surface area contributed by atoms with E-state index in [-0.39, 0.29) is 12.3 Å². The summed E-state index contributed by atoms with van der Waals surface area (Å²) in [4.78, 5) is 26.1. The van der Waals surface area contributed by atoms with Gasteiger partial charge in [0.2, 0.25) is 5.91 Å². The summed E-state index contributed by atoms with van der Waals surface area (Å²) in [7, 11) is 0. The van der Waals surface area contributed by atoms with Gasteiger partial charge in [-0.25, -0.2) is 9.18 Å². The average Bonchev–Trinajstić information content (AvgIpc) is 3.12. The van der Waals surface area contributed by atoms with Crippen LogP contribution in [0.25, 0.3) is 0 Å². The predicted molar refractivity (Wildman–Crippen MR) is 91.4 cm³/mol. The molecule has 130 valence electrons. The Hall–Kier alpha value is -2.89. The second-order valence-electron chi connectivity index (χ2n) is 5.86. The molecule has 1 aliphatic heterocycles. The summed E-state index contributed by atoms with van der Waals surface area (Å²) in [6, 6.07) is 14.6. The van der Waals surface area contributed by atoms with E-state index in [2.05, 4.69) is 5.32 Å². The third kappa shape index (κ3) is 4.15. The van der Waals surface area contributed by atoms with Crippen molar-refractivity contribution in [3.63, 3.8) is 0 Å². The monoisotopic (exact) mass is 342 g/mol. The molecule has 6 heteroatoms. The molecule has 1 saturated heterocycles. The Balaban J connectivity index is 1.60. The Bertz CT molecular complexity index is 751. The van der Waals surface area contributed by atoms with Crippen LogP contribution in [0.2, 0.25) is 0 Å². The number of para-hydroxylation sites is 1. The topological polar surface area (TPSA) is 58.6 Å². The van der Waals surface area contributed by atoms with Crippen molar-refractivity contribution < 1.29 is 18.7 Å². The fourth-order valence-corrected chi connectivity index (χ4v) is 2.84. The lowest BCUT2D eigenvalue weighted by molar-refractivity contribution is -0.120. The van der Waals surface area contributed by atoms with E-state index in [0.29, 0.717) is 19.4 Å². The number of likely N-dealkylation sites (tertiary alicyclic amines) is 1. The van der Waals surface area contributed by atoms with E-state index in [4.69, 9.17) is 4.74 Å². The third-order valence-electron chi connectivity index (χ3n) is 4.13. The van der Waals surface area contributed by atoms with Gasteiger partial charge >= 0.3 is 6.09 Å². The summed E-state index contributed by atoms with van der Waals surface area (Å²) in [5, 5.41) is 2.55. The van der Waals surface area contributed by atoms with E-state index in [0.717, 1.165) is 5.56 Å². The Morgan fingerprint density at radius 2 is 1.84 bits per heavy atom. The van der Waals surface area contributed by atoms with E-state index >= 15 is 0 Å². The number of benzene rings is 2. The Labute approximate surface area is 145 Å². The van der Waals surface area contributed by atoms with Crippen LogP contribution in [0.5, 0.6) is 0 Å². The number of halogens is 1. The molecule has 3 rings (SSSR count). The quantitative estimate of drug-likeness (QED) is 0.924. The molecule has 1 atom stereocenters. The number of carbonyl (C=O) groups is 2. The van der Waals surface area contributed by atoms with Crippen molar-refractivity contribution in [2.24, 2.45) is 0 Å². The van der Waals surface area contributed by atoms with Crippen LogP contribution in [0.4, 0.5) is 14.9 Å². The highest BCUT2D eigenvalue weighted by Gasteiger charge is 2.35. The molecule has 1 fully saturated rings. The van der Waals surface area contributed by atoms with Crippen molar-refractivity contribution >= 4 is 17.7 Å². The zero-order valence-electron chi connectivity index (χ0n) is 13.7. The third-order valence-corrected chi connectivity index (χ3v) is 4.13. The number of hydrogen-bond acceptors (Lipinski definition) is 3. The van der Waals surface area contributed by atoms with E-state index in [9.17, 15) is 14.0 Å². The van der Waals surface area contributed by atoms with Gasteiger partial charge in [0.25, 0.3) is 0 Å². The fraction of sp³-hybridized carbons (Fsp3) is 0.263. The molecule has 0 unspecified atom stereocenters. The van der Waals surface area contributed by atoms with Crippen molar-refractivity contribution in [1.82, 2.24) is 4.90 Å². The van der Waals surface area contributed by atoms with Crippen molar-refractivity contribution in [2.75, 3.05) is 11.9 Å². The molecule has 2 aromatic carbocycles. The minimum atomic E-state index is -0.650. The molecule has 2 aromatic rings. The summed E-state index contributed by atoms with van der Waals surface area (Å²) < 4.78 is 19.0. The standard InChI is InChI=1S/C19H19FN2O3/c20-15-9-4-5-10-16(15)21-18(23)17-11-6-12-22(17)19(24)25-13-14-7-2-1-3-8-14/h1-5,7-10,17H,6,11-13H2,(H,21,23)/t17-/m1/s1. The highest BCUT2D eigenvalue weighted by molar-refractivity contribution is 5.96. The molecule has 1 aliphatic rings. The number of anilines is 1. The van der Waals surface area contributed by atoms with E-state index in [1.54, 1.807) is 12.1 Å². The maximum absolute atomic E-state index is 13.7. The van der Waals surface area contributed by atoms with Gasteiger partial charge in [0.15, 0.2) is 0 Å². The van der Waals surface area contributed by atoms with Gasteiger partial charge < -0.3 is 10.1 Å². The van der Waals surface area contributed by atoms with E-state index in [1.807, 2.05) is 30.3 Å². The maximum Gasteiger partial charge on any atom is 0.410 e. The largest absolute Gasteiger partial charge is 0.445 e. The first-order valence-electron chi connectivity index (χ1n) is 8.18. The minimum absolute atomic E-state index is 0.108. The molecule has 5 nitrogen and oxygen atoms in total. The van der Waals surface area contributed by atoms with Crippen LogP contribution in [-0.4, -0.2) is 29.5 Å². The zero-order valence-corrected chi connectivity index (χ0v) is 13.7. The lowest BCUT2D eigenvalue weighted by atomic mass is 10.2. The molecule has 0 aromatic heterocycles. The highest BCUT2D eigenvalue weighted by Crippen LogP contribution is 2.21. The Kier molecular flexibility index (Phi) is 5.28. The minimum Gasteiger partial charge on any atom is -0.445 e. The van der Waals surface area contributed by atoms with Crippen LogP contribution in [0.15, 0.2) is 54.6 Å². The van der Waals surface area contributed by atoms with Crippen LogP contribution in [0.3, 0.4) is 0 Å². The molecule has 1 N–H and O–H groups in total. The number of nitrogens with one attached hydrogen (secondary N) is 1. The SMILES string of the molecule is O=C(Nc1ccccc1F)[C@H]1CCCN1C(=O)OCc1ccccc1. The van der Waals surface area contributed by atoms with E-state index in [1.165, 1.54) is 17.0 Å². The summed E-state index contributed by atoms with van der Waals surface area (Å²) in [5.41, 5.74) is 0.986. The first-order chi connectivity index (χ1) is 12.1. The van der Waals surface area contributed by atoms with Gasteiger partial charge in [0, 0.05) is 6.54 Å². The summed E-state index contributed by atoms with van der Waals surface area (Å²) in [6.45, 7) is 0.598. The predicted octanol–water partition coefficient (Wildman–Crippen LogP) is 3.57. The van der Waals surface area contributed by atoms with E-state index < -0.39 is 23.9 Å². The van der Waals surface area contributed by atoms with Gasteiger partial charge in [-0.2, -0.15) is 0 Å². The lowest BCUT2D eigenvalue weighted by Crippen LogP contribution is -2.43. The molecule has 0 radical (unpaired) electrons. The fourth-order valence-electron chi connectivity index (χ4n) is 2.84. The van der Waals surface area contributed by atoms with Crippen LogP contribution in [0.1, 0.15) is 18.4 Å². The molecule has 25 heavy (non-hydrogen) atoms. The van der Waals surface area contributed by atoms with Gasteiger partial charge in [-0.05, 0) is 30.5 Å². The zero-order chi connectivity index (χ0) is 17.6. The lowest BCUT2D eigenvalue weighted by Gasteiger charge is -2.23. The maximum atomic E-state index is 13.7. The Morgan fingerprint density at radius 1 is 1.12 bits per heavy atom. The van der Waals surface area contributed by atoms with Gasteiger partial charge in [-0.3, -0.25) is 9.69 Å². The summed E-state index contributed by atoms with van der Waals surface area (Å²) in [5.74, 6) is -0.911. The van der Waals surface area contributed by atoms with Crippen LogP contribution in [0, 0.1) is 5.82 Å². The van der Waals surface area contributed by atoms with Crippen molar-refractivity contribution in [3.8, 4) is 0 Å². The van der Waals surface area contributed by atoms with Gasteiger partial charge in [-0.1, -0.05) is 42.5 Å². The van der Waals surface area contributed by atoms with Gasteiger partial charge in [0.1, 0.15) is 18.5 Å². The highest BCUT2D eigenvalue weighted by atomic mass is 19.1. The molecule has 0 saturated carbocycles. The number of hydrogen-bond donors (Lipinski definition) is 1. The Morgan fingerprint density at radius 3 is 2.60 bits per heavy atom. The van der Waals surface area contributed by atoms with Crippen molar-refractivity contribution in [3.05, 3.63) is 66.0 Å². The number of rotatable bonds is 4. The van der Waals surface area contributed by atoms with Crippen LogP contribution in [-0.2, 0) is 16.1 Å². The second kappa shape index (κ2) is 7.79. The molecule has 1 heterocycles. The molecule has 0 spiro atoms. The van der Waals surface area contributed by atoms with Crippen LogP contribution < -0.4 is 5.32 Å². The normalized spacial score (nSPS) is 16.5. The first kappa shape index (κ1) is 17.0. The van der Waals surface area contributed by atoms with Crippen molar-refractivity contribution in [2.45, 2.75) is 25.5 Å². The molecule has 0 bridgehead atoms. The number of amides is 2. The second-order valence-corrected chi connectivity index (χ2v) is 5.86. The summed E-state index contributed by atoms with van der Waals surface area (Å²) in [6.07, 6.45) is 0.700. The molecule has 0 aliphatic carbocycles. The number of carbonyl (C=O) groups excluding carboxylic acids is 2. The first-order valence-corrected chi connectivity index (χ1v) is 8.18. The molecular weight excluding hydrogens is 323 g/mol. The van der Waals surface area contributed by atoms with Crippen molar-refractivity contribution in [1.29, 1.82) is 0 Å². The molecule has 2 amide bonds. The number of ether oxygens (including phenoxy) is 1. The molecular formula is C19H19FN2O3. The number of nitrogens with zero attached hydrogens (tertiary/aromatic N) is 1. The van der Waals surface area contributed by atoms with Crippen LogP contribution >= 0.6 is 0 Å². The smallest absolute Gasteiger partial charge is 0.410 e. The summed E-state index contributed by atoms with van der Waals surface area (Å²) >= 11 is 0. The van der Waals surface area contributed by atoms with Gasteiger partial charge in [0.05, 0.1) is 5.69 Å². The van der Waals surface area contributed by atoms with Gasteiger partial charge in [-0.15, -0.1) is 0 Å².